The van der Waals surface area contributed by atoms with Crippen molar-refractivity contribution in [2.45, 2.75) is 25.7 Å². The number of nitrogens with two attached hydrogens (primary N) is 1. The average molecular weight is 244 g/mol. The summed E-state index contributed by atoms with van der Waals surface area (Å²) in [6, 6.07) is 6.78. The SMILES string of the molecule is NCCc1csc(-c2ccc3c(c2)CCC3)n1. The predicted molar refractivity (Wildman–Crippen MR) is 72.3 cm³/mol. The standard InChI is InChI=1S/C14H16N2S/c15-7-6-13-9-17-14(16-13)12-5-4-10-2-1-3-11(10)8-12/h4-5,8-9H,1-3,6-7,15H2. The zero-order valence-corrected chi connectivity index (χ0v) is 10.6. The van der Waals surface area contributed by atoms with E-state index in [4.69, 9.17) is 5.73 Å². The number of nitrogens with zero attached hydrogens (tertiary/aromatic N) is 1. The summed E-state index contributed by atoms with van der Waals surface area (Å²) in [4.78, 5) is 4.63. The van der Waals surface area contributed by atoms with Crippen LogP contribution in [0.15, 0.2) is 23.6 Å². The lowest BCUT2D eigenvalue weighted by Crippen LogP contribution is -2.02. The van der Waals surface area contributed by atoms with Crippen molar-refractivity contribution >= 4 is 11.3 Å². The Morgan fingerprint density at radius 3 is 3.00 bits per heavy atom. The maximum atomic E-state index is 5.55. The van der Waals surface area contributed by atoms with Crippen molar-refractivity contribution in [1.29, 1.82) is 0 Å². The Morgan fingerprint density at radius 1 is 1.24 bits per heavy atom. The number of fused-ring (bicyclic) bond motifs is 1. The first-order chi connectivity index (χ1) is 8.36. The first-order valence-corrected chi connectivity index (χ1v) is 7.01. The molecule has 0 saturated heterocycles. The molecule has 1 aromatic carbocycles. The third kappa shape index (κ3) is 2.13. The van der Waals surface area contributed by atoms with Gasteiger partial charge in [0.1, 0.15) is 5.01 Å². The third-order valence-corrected chi connectivity index (χ3v) is 4.24. The second-order valence-electron chi connectivity index (χ2n) is 4.52. The summed E-state index contributed by atoms with van der Waals surface area (Å²) in [5.74, 6) is 0. The van der Waals surface area contributed by atoms with E-state index < -0.39 is 0 Å². The predicted octanol–water partition coefficient (Wildman–Crippen LogP) is 2.80. The molecule has 3 heteroatoms. The smallest absolute Gasteiger partial charge is 0.123 e. The number of benzene rings is 1. The summed E-state index contributed by atoms with van der Waals surface area (Å²) in [5.41, 5.74) is 11.0. The summed E-state index contributed by atoms with van der Waals surface area (Å²) in [6.45, 7) is 0.674. The molecular formula is C14H16N2S. The molecule has 2 nitrogen and oxygen atoms in total. The molecule has 0 fully saturated rings. The number of hydrogen-bond donors (Lipinski definition) is 1. The van der Waals surface area contributed by atoms with E-state index in [1.54, 1.807) is 11.3 Å². The summed E-state index contributed by atoms with van der Waals surface area (Å²) in [6.07, 6.45) is 4.65. The minimum atomic E-state index is 0.674. The summed E-state index contributed by atoms with van der Waals surface area (Å²) in [7, 11) is 0. The van der Waals surface area contributed by atoms with Crippen LogP contribution in [0.5, 0.6) is 0 Å². The molecule has 0 radical (unpaired) electrons. The summed E-state index contributed by atoms with van der Waals surface area (Å²) >= 11 is 1.72. The second-order valence-corrected chi connectivity index (χ2v) is 5.38. The highest BCUT2D eigenvalue weighted by Crippen LogP contribution is 2.29. The van der Waals surface area contributed by atoms with Crippen molar-refractivity contribution in [3.63, 3.8) is 0 Å². The maximum Gasteiger partial charge on any atom is 0.123 e. The Hall–Kier alpha value is -1.19. The zero-order valence-electron chi connectivity index (χ0n) is 9.78. The molecule has 0 aliphatic heterocycles. The van der Waals surface area contributed by atoms with Crippen LogP contribution in [0.25, 0.3) is 10.6 Å². The lowest BCUT2D eigenvalue weighted by molar-refractivity contribution is 0.912. The van der Waals surface area contributed by atoms with E-state index in [0.717, 1.165) is 17.1 Å². The molecule has 3 rings (SSSR count). The Kier molecular flexibility index (Phi) is 2.95. The Bertz CT molecular complexity index is 531. The van der Waals surface area contributed by atoms with Gasteiger partial charge in [0, 0.05) is 17.4 Å². The van der Waals surface area contributed by atoms with Crippen LogP contribution in [-0.2, 0) is 19.3 Å². The number of thiazole rings is 1. The fraction of sp³-hybridized carbons (Fsp3) is 0.357. The Morgan fingerprint density at radius 2 is 2.12 bits per heavy atom. The van der Waals surface area contributed by atoms with Gasteiger partial charge in [-0.15, -0.1) is 11.3 Å². The topological polar surface area (TPSA) is 38.9 Å². The number of aromatic nitrogens is 1. The van der Waals surface area contributed by atoms with Gasteiger partial charge in [-0.25, -0.2) is 4.98 Å². The van der Waals surface area contributed by atoms with Crippen LogP contribution < -0.4 is 5.73 Å². The highest BCUT2D eigenvalue weighted by molar-refractivity contribution is 7.13. The monoisotopic (exact) mass is 244 g/mol. The Balaban J connectivity index is 1.92. The number of rotatable bonds is 3. The van der Waals surface area contributed by atoms with Crippen LogP contribution in [0.3, 0.4) is 0 Å². The van der Waals surface area contributed by atoms with Gasteiger partial charge in [-0.2, -0.15) is 0 Å². The van der Waals surface area contributed by atoms with E-state index in [-0.39, 0.29) is 0 Å². The van der Waals surface area contributed by atoms with E-state index in [1.807, 2.05) is 0 Å². The van der Waals surface area contributed by atoms with Gasteiger partial charge in [-0.05, 0) is 43.0 Å². The molecule has 1 aliphatic rings. The third-order valence-electron chi connectivity index (χ3n) is 3.30. The van der Waals surface area contributed by atoms with Crippen molar-refractivity contribution in [2.24, 2.45) is 5.73 Å². The molecule has 0 bridgehead atoms. The minimum absolute atomic E-state index is 0.674. The molecule has 0 amide bonds. The quantitative estimate of drug-likeness (QED) is 0.901. The normalized spacial score (nSPS) is 13.9. The fourth-order valence-corrected chi connectivity index (χ4v) is 3.26. The highest BCUT2D eigenvalue weighted by atomic mass is 32.1. The summed E-state index contributed by atoms with van der Waals surface area (Å²) in [5, 5.41) is 3.25. The molecule has 0 saturated carbocycles. The lowest BCUT2D eigenvalue weighted by atomic mass is 10.1. The molecule has 1 aliphatic carbocycles. The van der Waals surface area contributed by atoms with Gasteiger partial charge < -0.3 is 5.73 Å². The van der Waals surface area contributed by atoms with Gasteiger partial charge in [0.05, 0.1) is 5.69 Å². The molecule has 17 heavy (non-hydrogen) atoms. The first-order valence-electron chi connectivity index (χ1n) is 6.13. The lowest BCUT2D eigenvalue weighted by Gasteiger charge is -2.01. The second kappa shape index (κ2) is 4.59. The Labute approximate surface area is 106 Å². The van der Waals surface area contributed by atoms with E-state index in [0.29, 0.717) is 6.54 Å². The van der Waals surface area contributed by atoms with Gasteiger partial charge in [-0.1, -0.05) is 12.1 Å². The van der Waals surface area contributed by atoms with E-state index in [1.165, 1.54) is 36.0 Å². The van der Waals surface area contributed by atoms with Crippen molar-refractivity contribution in [1.82, 2.24) is 4.98 Å². The summed E-state index contributed by atoms with van der Waals surface area (Å²) < 4.78 is 0. The molecule has 2 aromatic rings. The number of aryl methyl sites for hydroxylation is 2. The van der Waals surface area contributed by atoms with Gasteiger partial charge in [0.2, 0.25) is 0 Å². The first kappa shape index (κ1) is 10.9. The largest absolute Gasteiger partial charge is 0.330 e. The van der Waals surface area contributed by atoms with E-state index in [2.05, 4.69) is 28.6 Å². The minimum Gasteiger partial charge on any atom is -0.330 e. The van der Waals surface area contributed by atoms with E-state index in [9.17, 15) is 0 Å². The zero-order chi connectivity index (χ0) is 11.7. The van der Waals surface area contributed by atoms with Crippen LogP contribution in [0.1, 0.15) is 23.2 Å². The molecule has 0 unspecified atom stereocenters. The molecule has 1 aromatic heterocycles. The van der Waals surface area contributed by atoms with Crippen LogP contribution >= 0.6 is 11.3 Å². The van der Waals surface area contributed by atoms with Crippen molar-refractivity contribution in [3.05, 3.63) is 40.4 Å². The fourth-order valence-electron chi connectivity index (χ4n) is 2.41. The van der Waals surface area contributed by atoms with Crippen LogP contribution in [0, 0.1) is 0 Å². The molecular weight excluding hydrogens is 228 g/mol. The average Bonchev–Trinajstić information content (AvgIpc) is 2.96. The van der Waals surface area contributed by atoms with Crippen LogP contribution in [0.2, 0.25) is 0 Å². The molecule has 2 N–H and O–H groups in total. The van der Waals surface area contributed by atoms with E-state index >= 15 is 0 Å². The van der Waals surface area contributed by atoms with Crippen molar-refractivity contribution in [2.75, 3.05) is 6.54 Å². The van der Waals surface area contributed by atoms with Crippen molar-refractivity contribution < 1.29 is 0 Å². The molecule has 0 atom stereocenters. The molecule has 1 heterocycles. The van der Waals surface area contributed by atoms with Crippen LogP contribution in [-0.4, -0.2) is 11.5 Å². The van der Waals surface area contributed by atoms with Crippen molar-refractivity contribution in [3.8, 4) is 10.6 Å². The van der Waals surface area contributed by atoms with Gasteiger partial charge in [0.25, 0.3) is 0 Å². The van der Waals surface area contributed by atoms with Gasteiger partial charge >= 0.3 is 0 Å². The van der Waals surface area contributed by atoms with Gasteiger partial charge in [-0.3, -0.25) is 0 Å². The van der Waals surface area contributed by atoms with Gasteiger partial charge in [0.15, 0.2) is 0 Å². The molecule has 0 spiro atoms. The van der Waals surface area contributed by atoms with Crippen LogP contribution in [0.4, 0.5) is 0 Å². The molecule has 88 valence electrons. The maximum absolute atomic E-state index is 5.55. The number of hydrogen-bond acceptors (Lipinski definition) is 3. The highest BCUT2D eigenvalue weighted by Gasteiger charge is 2.12.